The molecule has 3 aromatic rings. The summed E-state index contributed by atoms with van der Waals surface area (Å²) in [6.07, 6.45) is 1.86. The Hall–Kier alpha value is -2.14. The first-order chi connectivity index (χ1) is 9.63. The van der Waals surface area contributed by atoms with Crippen molar-refractivity contribution in [3.63, 3.8) is 0 Å². The van der Waals surface area contributed by atoms with Gasteiger partial charge in [-0.2, -0.15) is 4.98 Å². The molecule has 100 valence electrons. The van der Waals surface area contributed by atoms with Gasteiger partial charge in [-0.3, -0.25) is 0 Å². The van der Waals surface area contributed by atoms with Crippen molar-refractivity contribution in [1.82, 2.24) is 14.6 Å². The van der Waals surface area contributed by atoms with Crippen LogP contribution < -0.4 is 5.32 Å². The van der Waals surface area contributed by atoms with E-state index in [0.717, 1.165) is 26.9 Å². The number of nitrogens with one attached hydrogen (secondary N) is 1. The van der Waals surface area contributed by atoms with Gasteiger partial charge in [0.05, 0.1) is 4.47 Å². The zero-order valence-corrected chi connectivity index (χ0v) is 12.6. The molecule has 0 atom stereocenters. The molecule has 2 aromatic heterocycles. The van der Waals surface area contributed by atoms with E-state index < -0.39 is 0 Å². The molecular formula is C15H13BrN4. The van der Waals surface area contributed by atoms with E-state index in [9.17, 15) is 0 Å². The summed E-state index contributed by atoms with van der Waals surface area (Å²) in [6.45, 7) is 5.91. The fourth-order valence-corrected chi connectivity index (χ4v) is 2.32. The maximum absolute atomic E-state index is 4.44. The zero-order chi connectivity index (χ0) is 14.1. The predicted molar refractivity (Wildman–Crippen MR) is 85.1 cm³/mol. The standard InChI is InChI=1S/C15H13BrN4/c1-10(2)11-5-7-12(8-6-11)17-15-18-14-13(16)4-3-9-20(14)19-15/h3-9H,1H2,2H3,(H,17,19). The molecule has 0 saturated heterocycles. The maximum Gasteiger partial charge on any atom is 0.247 e. The fraction of sp³-hybridized carbons (Fsp3) is 0.0667. The van der Waals surface area contributed by atoms with Gasteiger partial charge in [-0.15, -0.1) is 5.10 Å². The summed E-state index contributed by atoms with van der Waals surface area (Å²) in [5.41, 5.74) is 3.91. The number of aromatic nitrogens is 3. The Bertz CT molecular complexity index is 774. The van der Waals surface area contributed by atoms with Crippen LogP contribution in [0.4, 0.5) is 11.6 Å². The van der Waals surface area contributed by atoms with Gasteiger partial charge in [-0.25, -0.2) is 4.52 Å². The first kappa shape index (κ1) is 12.9. The third-order valence-electron chi connectivity index (χ3n) is 2.95. The van der Waals surface area contributed by atoms with Crippen LogP contribution in [0.5, 0.6) is 0 Å². The van der Waals surface area contributed by atoms with Gasteiger partial charge in [0.15, 0.2) is 5.65 Å². The molecule has 0 aliphatic heterocycles. The molecule has 4 nitrogen and oxygen atoms in total. The van der Waals surface area contributed by atoms with Gasteiger partial charge in [0, 0.05) is 11.9 Å². The number of allylic oxidation sites excluding steroid dienone is 1. The molecule has 0 radical (unpaired) electrons. The molecule has 1 N–H and O–H groups in total. The third-order valence-corrected chi connectivity index (χ3v) is 3.57. The fourth-order valence-electron chi connectivity index (χ4n) is 1.89. The number of nitrogens with zero attached hydrogens (tertiary/aromatic N) is 3. The lowest BCUT2D eigenvalue weighted by Crippen LogP contribution is -1.93. The molecule has 2 heterocycles. The van der Waals surface area contributed by atoms with Crippen molar-refractivity contribution < 1.29 is 0 Å². The van der Waals surface area contributed by atoms with E-state index in [1.54, 1.807) is 4.52 Å². The van der Waals surface area contributed by atoms with E-state index >= 15 is 0 Å². The van der Waals surface area contributed by atoms with Crippen LogP contribution in [0.3, 0.4) is 0 Å². The second kappa shape index (κ2) is 5.09. The highest BCUT2D eigenvalue weighted by Crippen LogP contribution is 2.20. The van der Waals surface area contributed by atoms with Gasteiger partial charge < -0.3 is 5.32 Å². The Labute approximate surface area is 125 Å². The third kappa shape index (κ3) is 2.44. The van der Waals surface area contributed by atoms with Crippen LogP contribution in [0, 0.1) is 0 Å². The number of rotatable bonds is 3. The van der Waals surface area contributed by atoms with Crippen LogP contribution >= 0.6 is 15.9 Å². The Morgan fingerprint density at radius 3 is 2.65 bits per heavy atom. The molecule has 0 fully saturated rings. The Morgan fingerprint density at radius 2 is 2.00 bits per heavy atom. The Morgan fingerprint density at radius 1 is 1.25 bits per heavy atom. The first-order valence-electron chi connectivity index (χ1n) is 6.17. The highest BCUT2D eigenvalue weighted by atomic mass is 79.9. The molecule has 3 rings (SSSR count). The van der Waals surface area contributed by atoms with Crippen molar-refractivity contribution in [1.29, 1.82) is 0 Å². The van der Waals surface area contributed by atoms with E-state index in [2.05, 4.69) is 37.9 Å². The molecule has 0 unspecified atom stereocenters. The molecule has 5 heteroatoms. The predicted octanol–water partition coefficient (Wildman–Crippen LogP) is 4.27. The van der Waals surface area contributed by atoms with Gasteiger partial charge in [0.25, 0.3) is 0 Å². The molecule has 0 saturated carbocycles. The minimum Gasteiger partial charge on any atom is -0.323 e. The normalized spacial score (nSPS) is 10.7. The quantitative estimate of drug-likeness (QED) is 0.780. The summed E-state index contributed by atoms with van der Waals surface area (Å²) in [7, 11) is 0. The maximum atomic E-state index is 4.44. The molecule has 0 bridgehead atoms. The number of hydrogen-bond donors (Lipinski definition) is 1. The lowest BCUT2D eigenvalue weighted by molar-refractivity contribution is 0.962. The largest absolute Gasteiger partial charge is 0.323 e. The highest BCUT2D eigenvalue weighted by molar-refractivity contribution is 9.10. The lowest BCUT2D eigenvalue weighted by Gasteiger charge is -2.03. The van der Waals surface area contributed by atoms with Crippen LogP contribution in [0.15, 0.2) is 53.6 Å². The van der Waals surface area contributed by atoms with Crippen molar-refractivity contribution in [3.8, 4) is 0 Å². The van der Waals surface area contributed by atoms with E-state index in [1.165, 1.54) is 0 Å². The molecule has 20 heavy (non-hydrogen) atoms. The Balaban J connectivity index is 1.89. The zero-order valence-electron chi connectivity index (χ0n) is 11.0. The number of hydrogen-bond acceptors (Lipinski definition) is 3. The van der Waals surface area contributed by atoms with Crippen LogP contribution in [0.2, 0.25) is 0 Å². The van der Waals surface area contributed by atoms with E-state index in [1.807, 2.05) is 49.5 Å². The molecule has 1 aromatic carbocycles. The van der Waals surface area contributed by atoms with Crippen LogP contribution in [0.25, 0.3) is 11.2 Å². The molecule has 0 aliphatic carbocycles. The minimum atomic E-state index is 0.569. The average molecular weight is 329 g/mol. The lowest BCUT2D eigenvalue weighted by atomic mass is 10.1. The van der Waals surface area contributed by atoms with Gasteiger partial charge in [-0.05, 0) is 52.7 Å². The van der Waals surface area contributed by atoms with Gasteiger partial charge in [-0.1, -0.05) is 24.3 Å². The van der Waals surface area contributed by atoms with Crippen molar-refractivity contribution in [2.45, 2.75) is 6.92 Å². The van der Waals surface area contributed by atoms with E-state index in [0.29, 0.717) is 5.95 Å². The van der Waals surface area contributed by atoms with Gasteiger partial charge in [0.2, 0.25) is 5.95 Å². The van der Waals surface area contributed by atoms with Crippen LogP contribution in [-0.2, 0) is 0 Å². The number of pyridine rings is 1. The summed E-state index contributed by atoms with van der Waals surface area (Å²) in [6, 6.07) is 11.9. The second-order valence-electron chi connectivity index (χ2n) is 4.54. The molecule has 0 amide bonds. The highest BCUT2D eigenvalue weighted by Gasteiger charge is 2.06. The number of halogens is 1. The van der Waals surface area contributed by atoms with Crippen molar-refractivity contribution in [2.75, 3.05) is 5.32 Å². The van der Waals surface area contributed by atoms with E-state index in [4.69, 9.17) is 0 Å². The molecule has 0 spiro atoms. The van der Waals surface area contributed by atoms with Crippen molar-refractivity contribution in [3.05, 3.63) is 59.2 Å². The topological polar surface area (TPSA) is 42.2 Å². The number of benzene rings is 1. The van der Waals surface area contributed by atoms with Gasteiger partial charge in [0.1, 0.15) is 0 Å². The average Bonchev–Trinajstić information content (AvgIpc) is 2.83. The molecule has 0 aliphatic rings. The summed E-state index contributed by atoms with van der Waals surface area (Å²) in [5, 5.41) is 7.57. The summed E-state index contributed by atoms with van der Waals surface area (Å²) in [4.78, 5) is 4.44. The van der Waals surface area contributed by atoms with Crippen LogP contribution in [-0.4, -0.2) is 14.6 Å². The number of fused-ring (bicyclic) bond motifs is 1. The number of anilines is 2. The smallest absolute Gasteiger partial charge is 0.247 e. The Kier molecular flexibility index (Phi) is 3.28. The van der Waals surface area contributed by atoms with Crippen LogP contribution in [0.1, 0.15) is 12.5 Å². The molecular weight excluding hydrogens is 316 g/mol. The summed E-state index contributed by atoms with van der Waals surface area (Å²) in [5.74, 6) is 0.569. The summed E-state index contributed by atoms with van der Waals surface area (Å²) < 4.78 is 2.65. The second-order valence-corrected chi connectivity index (χ2v) is 5.40. The first-order valence-corrected chi connectivity index (χ1v) is 6.96. The monoisotopic (exact) mass is 328 g/mol. The van der Waals surface area contributed by atoms with Crippen molar-refractivity contribution >= 4 is 38.8 Å². The van der Waals surface area contributed by atoms with E-state index in [-0.39, 0.29) is 0 Å². The summed E-state index contributed by atoms with van der Waals surface area (Å²) >= 11 is 3.46. The van der Waals surface area contributed by atoms with Gasteiger partial charge >= 0.3 is 0 Å². The van der Waals surface area contributed by atoms with Crippen molar-refractivity contribution in [2.24, 2.45) is 0 Å². The SMILES string of the molecule is C=C(C)c1ccc(Nc2nc3c(Br)cccn3n2)cc1. The minimum absolute atomic E-state index is 0.569.